The minimum Gasteiger partial charge on any atom is -0.307 e. The maximum Gasteiger partial charge on any atom is 0.421 e. The van der Waals surface area contributed by atoms with Gasteiger partial charge in [-0.1, -0.05) is 0 Å². The Hall–Kier alpha value is -1.98. The summed E-state index contributed by atoms with van der Waals surface area (Å²) in [5.74, 6) is -0.501. The van der Waals surface area contributed by atoms with Gasteiger partial charge in [0.2, 0.25) is 10.0 Å². The molecule has 26 heavy (non-hydrogen) atoms. The minimum atomic E-state index is -4.79. The first-order valence-electron chi connectivity index (χ1n) is 7.30. The Balaban J connectivity index is 2.09. The van der Waals surface area contributed by atoms with Crippen molar-refractivity contribution in [1.82, 2.24) is 9.29 Å². The highest BCUT2D eigenvalue weighted by atomic mass is 32.2. The van der Waals surface area contributed by atoms with Crippen molar-refractivity contribution in [1.29, 1.82) is 0 Å². The number of sulfonamides is 1. The number of Topliss-reactive ketones (excluding diaryl/α,β-unsaturated/α-hetero) is 1. The zero-order valence-corrected chi connectivity index (χ0v) is 15.2. The monoisotopic (exact) mass is 408 g/mol. The Kier molecular flexibility index (Phi) is 6.04. The molecular weight excluding hydrogens is 393 g/mol. The van der Waals surface area contributed by atoms with Gasteiger partial charge in [-0.3, -0.25) is 9.59 Å². The van der Waals surface area contributed by atoms with Gasteiger partial charge in [0.25, 0.3) is 5.56 Å². The standard InChI is InChI=1S/C15H15F3N2O4S2/c1-26(23,24)19-7-6-10-4-5-13(25-10)12(21)9-20-8-2-3-11(14(20)22)15(16,17)18/h2-5,8,19H,6-7,9H2,1H3. The van der Waals surface area contributed by atoms with Crippen LogP contribution in [0.5, 0.6) is 0 Å². The smallest absolute Gasteiger partial charge is 0.307 e. The van der Waals surface area contributed by atoms with Crippen LogP contribution in [0.15, 0.2) is 35.3 Å². The Morgan fingerprint density at radius 2 is 1.96 bits per heavy atom. The lowest BCUT2D eigenvalue weighted by Crippen LogP contribution is -2.30. The lowest BCUT2D eigenvalue weighted by atomic mass is 10.2. The summed E-state index contributed by atoms with van der Waals surface area (Å²) in [7, 11) is -3.31. The summed E-state index contributed by atoms with van der Waals surface area (Å²) < 4.78 is 63.3. The molecule has 2 rings (SSSR count). The zero-order chi connectivity index (χ0) is 19.5. The number of nitrogens with zero attached hydrogens (tertiary/aromatic N) is 1. The first-order chi connectivity index (χ1) is 12.0. The molecule has 0 aromatic carbocycles. The summed E-state index contributed by atoms with van der Waals surface area (Å²) in [6.07, 6.45) is -2.26. The first-order valence-corrected chi connectivity index (χ1v) is 10.0. The van der Waals surface area contributed by atoms with E-state index in [4.69, 9.17) is 0 Å². The highest BCUT2D eigenvalue weighted by Crippen LogP contribution is 2.26. The largest absolute Gasteiger partial charge is 0.421 e. The van der Waals surface area contributed by atoms with E-state index in [1.54, 1.807) is 6.07 Å². The van der Waals surface area contributed by atoms with E-state index >= 15 is 0 Å². The van der Waals surface area contributed by atoms with E-state index in [0.717, 1.165) is 39.3 Å². The highest BCUT2D eigenvalue weighted by Gasteiger charge is 2.34. The molecule has 11 heteroatoms. The van der Waals surface area contributed by atoms with Crippen molar-refractivity contribution in [2.45, 2.75) is 19.1 Å². The van der Waals surface area contributed by atoms with E-state index in [0.29, 0.717) is 12.5 Å². The molecule has 0 amide bonds. The molecule has 0 aliphatic rings. The SMILES string of the molecule is CS(=O)(=O)NCCc1ccc(C(=O)Cn2cccc(C(F)(F)F)c2=O)s1. The van der Waals surface area contributed by atoms with Crippen LogP contribution in [-0.4, -0.2) is 31.6 Å². The zero-order valence-electron chi connectivity index (χ0n) is 13.5. The van der Waals surface area contributed by atoms with E-state index in [9.17, 15) is 31.2 Å². The quantitative estimate of drug-likeness (QED) is 0.710. The van der Waals surface area contributed by atoms with Crippen LogP contribution >= 0.6 is 11.3 Å². The Bertz CT molecular complexity index is 962. The van der Waals surface area contributed by atoms with Crippen LogP contribution in [0.2, 0.25) is 0 Å². The van der Waals surface area contributed by atoms with Gasteiger partial charge in [-0.05, 0) is 30.7 Å². The molecule has 6 nitrogen and oxygen atoms in total. The predicted molar refractivity (Wildman–Crippen MR) is 90.9 cm³/mol. The molecule has 0 atom stereocenters. The van der Waals surface area contributed by atoms with Gasteiger partial charge in [-0.15, -0.1) is 11.3 Å². The second kappa shape index (κ2) is 7.72. The summed E-state index contributed by atoms with van der Waals surface area (Å²) in [6, 6.07) is 4.87. The number of pyridine rings is 1. The van der Waals surface area contributed by atoms with Crippen molar-refractivity contribution in [3.8, 4) is 0 Å². The van der Waals surface area contributed by atoms with E-state index in [-0.39, 0.29) is 11.4 Å². The fourth-order valence-corrected chi connectivity index (χ4v) is 3.54. The number of hydrogen-bond acceptors (Lipinski definition) is 5. The first kappa shape index (κ1) is 20.3. The average Bonchev–Trinajstić information content (AvgIpc) is 2.95. The van der Waals surface area contributed by atoms with Crippen LogP contribution in [0, 0.1) is 0 Å². The van der Waals surface area contributed by atoms with E-state index in [1.807, 2.05) is 0 Å². The molecule has 0 saturated heterocycles. The van der Waals surface area contributed by atoms with Crippen molar-refractivity contribution in [3.05, 3.63) is 56.1 Å². The van der Waals surface area contributed by atoms with Gasteiger partial charge in [-0.25, -0.2) is 13.1 Å². The fourth-order valence-electron chi connectivity index (χ4n) is 2.13. The Morgan fingerprint density at radius 1 is 1.27 bits per heavy atom. The topological polar surface area (TPSA) is 85.2 Å². The number of carbonyl (C=O) groups excluding carboxylic acids is 1. The summed E-state index contributed by atoms with van der Waals surface area (Å²) in [6.45, 7) is -0.343. The number of hydrogen-bond donors (Lipinski definition) is 1. The van der Waals surface area contributed by atoms with Crippen molar-refractivity contribution in [2.75, 3.05) is 12.8 Å². The normalized spacial score (nSPS) is 12.3. The predicted octanol–water partition coefficient (Wildman–Crippen LogP) is 1.90. The summed E-state index contributed by atoms with van der Waals surface area (Å²) in [5.41, 5.74) is -2.60. The molecule has 0 aliphatic heterocycles. The third-order valence-electron chi connectivity index (χ3n) is 3.31. The van der Waals surface area contributed by atoms with Crippen LogP contribution in [0.3, 0.4) is 0 Å². The van der Waals surface area contributed by atoms with E-state index in [2.05, 4.69) is 4.72 Å². The number of rotatable bonds is 7. The van der Waals surface area contributed by atoms with Crippen molar-refractivity contribution in [3.63, 3.8) is 0 Å². The number of carbonyl (C=O) groups is 1. The lowest BCUT2D eigenvalue weighted by molar-refractivity contribution is -0.138. The number of thiophene rings is 1. The Morgan fingerprint density at radius 3 is 2.58 bits per heavy atom. The van der Waals surface area contributed by atoms with E-state index in [1.165, 1.54) is 6.07 Å². The van der Waals surface area contributed by atoms with Crippen LogP contribution < -0.4 is 10.3 Å². The maximum absolute atomic E-state index is 12.7. The number of ketones is 1. The number of aromatic nitrogens is 1. The fraction of sp³-hybridized carbons (Fsp3) is 0.333. The number of halogens is 3. The van der Waals surface area contributed by atoms with Crippen LogP contribution in [0.1, 0.15) is 20.1 Å². The van der Waals surface area contributed by atoms with Crippen molar-refractivity contribution in [2.24, 2.45) is 0 Å². The third-order valence-corrected chi connectivity index (χ3v) is 5.23. The van der Waals surface area contributed by atoms with Crippen LogP contribution in [0.4, 0.5) is 13.2 Å². The van der Waals surface area contributed by atoms with Gasteiger partial charge in [0.1, 0.15) is 5.56 Å². The number of alkyl halides is 3. The van der Waals surface area contributed by atoms with Gasteiger partial charge in [-0.2, -0.15) is 13.2 Å². The summed E-state index contributed by atoms with van der Waals surface area (Å²) in [4.78, 5) is 25.1. The maximum atomic E-state index is 12.7. The molecular formula is C15H15F3N2O4S2. The molecule has 0 bridgehead atoms. The van der Waals surface area contributed by atoms with Gasteiger partial charge in [0, 0.05) is 17.6 Å². The van der Waals surface area contributed by atoms with Crippen molar-refractivity contribution < 1.29 is 26.4 Å². The lowest BCUT2D eigenvalue weighted by Gasteiger charge is -2.09. The molecule has 0 saturated carbocycles. The summed E-state index contributed by atoms with van der Waals surface area (Å²) >= 11 is 1.10. The van der Waals surface area contributed by atoms with Gasteiger partial charge in [0.05, 0.1) is 17.7 Å². The second-order valence-corrected chi connectivity index (χ2v) is 8.46. The number of nitrogens with one attached hydrogen (secondary N) is 1. The molecule has 0 aliphatic carbocycles. The molecule has 2 aromatic rings. The average molecular weight is 408 g/mol. The Labute approximate surface area is 151 Å². The molecule has 0 spiro atoms. The summed E-state index contributed by atoms with van der Waals surface area (Å²) in [5, 5.41) is 0. The van der Waals surface area contributed by atoms with Crippen LogP contribution in [-0.2, 0) is 29.2 Å². The molecule has 0 radical (unpaired) electrons. The van der Waals surface area contributed by atoms with E-state index < -0.39 is 39.7 Å². The van der Waals surface area contributed by atoms with Gasteiger partial charge in [0.15, 0.2) is 5.78 Å². The molecule has 0 fully saturated rings. The van der Waals surface area contributed by atoms with Crippen molar-refractivity contribution >= 4 is 27.1 Å². The minimum absolute atomic E-state index is 0.167. The molecule has 142 valence electrons. The molecule has 0 unspecified atom stereocenters. The molecule has 2 heterocycles. The molecule has 1 N–H and O–H groups in total. The third kappa shape index (κ3) is 5.51. The van der Waals surface area contributed by atoms with Crippen LogP contribution in [0.25, 0.3) is 0 Å². The second-order valence-electron chi connectivity index (χ2n) is 5.46. The van der Waals surface area contributed by atoms with Gasteiger partial charge >= 0.3 is 6.18 Å². The highest BCUT2D eigenvalue weighted by molar-refractivity contribution is 7.88. The van der Waals surface area contributed by atoms with Gasteiger partial charge < -0.3 is 4.57 Å². The molecule has 2 aromatic heterocycles.